The molecule has 2 N–H and O–H groups in total. The molecule has 3 amide bonds. The molecule has 1 unspecified atom stereocenters. The third-order valence-corrected chi connectivity index (χ3v) is 6.07. The number of halogens is 2. The highest BCUT2D eigenvalue weighted by atomic mass is 19.1. The van der Waals surface area contributed by atoms with Gasteiger partial charge in [0.25, 0.3) is 0 Å². The number of nitrogens with zero attached hydrogens (tertiary/aromatic N) is 1. The lowest BCUT2D eigenvalue weighted by molar-refractivity contribution is -0.135. The van der Waals surface area contributed by atoms with Crippen molar-refractivity contribution in [3.63, 3.8) is 0 Å². The number of piperidine rings is 1. The van der Waals surface area contributed by atoms with E-state index in [1.807, 2.05) is 20.8 Å². The van der Waals surface area contributed by atoms with E-state index in [2.05, 4.69) is 10.6 Å². The minimum atomic E-state index is -1.03. The predicted octanol–water partition coefficient (Wildman–Crippen LogP) is 2.75. The van der Waals surface area contributed by atoms with Gasteiger partial charge in [-0.1, -0.05) is 0 Å². The Morgan fingerprint density at radius 1 is 1.12 bits per heavy atom. The number of anilines is 1. The lowest BCUT2D eigenvalue weighted by Crippen LogP contribution is -2.60. The van der Waals surface area contributed by atoms with Crippen LogP contribution >= 0.6 is 0 Å². The molecule has 2 heterocycles. The summed E-state index contributed by atoms with van der Waals surface area (Å²) in [7, 11) is 0. The second-order valence-corrected chi connectivity index (χ2v) is 9.92. The van der Waals surface area contributed by atoms with Gasteiger partial charge in [0.1, 0.15) is 17.7 Å². The first-order chi connectivity index (χ1) is 15.5. The summed E-state index contributed by atoms with van der Waals surface area (Å²) in [5.41, 5.74) is -0.225. The molecule has 2 aliphatic heterocycles. The molecule has 0 radical (unpaired) electrons. The average Bonchev–Trinajstić information content (AvgIpc) is 2.62. The Kier molecular flexibility index (Phi) is 6.30. The SMILES string of the molecule is CC(C)(C)OC1CC(OC(=O)NC2CN(c3cc(F)c(C4CCC(=O)NC4=O)c(F)c3)C2)C1. The Balaban J connectivity index is 1.25. The van der Waals surface area contributed by atoms with Crippen LogP contribution < -0.4 is 15.5 Å². The summed E-state index contributed by atoms with van der Waals surface area (Å²) >= 11 is 0. The number of benzene rings is 1. The Morgan fingerprint density at radius 3 is 2.33 bits per heavy atom. The first kappa shape index (κ1) is 23.4. The number of imide groups is 1. The van der Waals surface area contributed by atoms with E-state index in [0.717, 1.165) is 0 Å². The second-order valence-electron chi connectivity index (χ2n) is 9.92. The third-order valence-electron chi connectivity index (χ3n) is 6.07. The van der Waals surface area contributed by atoms with Gasteiger partial charge in [-0.25, -0.2) is 13.6 Å². The molecule has 0 bridgehead atoms. The van der Waals surface area contributed by atoms with Gasteiger partial charge in [0.05, 0.1) is 23.7 Å². The smallest absolute Gasteiger partial charge is 0.407 e. The molecule has 10 heteroatoms. The van der Waals surface area contributed by atoms with Crippen LogP contribution in [0, 0.1) is 11.6 Å². The Hall–Kier alpha value is -2.75. The zero-order chi connectivity index (χ0) is 23.9. The minimum absolute atomic E-state index is 0.0394. The fraction of sp³-hybridized carbons (Fsp3) is 0.609. The molecule has 0 spiro atoms. The van der Waals surface area contributed by atoms with E-state index in [1.165, 1.54) is 12.1 Å². The van der Waals surface area contributed by atoms with Gasteiger partial charge in [-0.2, -0.15) is 0 Å². The van der Waals surface area contributed by atoms with Crippen LogP contribution in [0.25, 0.3) is 0 Å². The van der Waals surface area contributed by atoms with Crippen molar-refractivity contribution in [1.82, 2.24) is 10.6 Å². The van der Waals surface area contributed by atoms with Crippen LogP contribution in [-0.4, -0.2) is 54.8 Å². The van der Waals surface area contributed by atoms with E-state index >= 15 is 0 Å². The summed E-state index contributed by atoms with van der Waals surface area (Å²) in [6, 6.07) is 2.17. The first-order valence-electron chi connectivity index (χ1n) is 11.2. The van der Waals surface area contributed by atoms with E-state index in [-0.39, 0.29) is 42.3 Å². The molecule has 1 aromatic rings. The highest BCUT2D eigenvalue weighted by molar-refractivity contribution is 6.01. The van der Waals surface area contributed by atoms with Crippen molar-refractivity contribution in [3.8, 4) is 0 Å². The van der Waals surface area contributed by atoms with E-state index in [1.54, 1.807) is 4.90 Å². The fourth-order valence-corrected chi connectivity index (χ4v) is 4.40. The molecule has 4 rings (SSSR count). The molecule has 3 fully saturated rings. The highest BCUT2D eigenvalue weighted by Crippen LogP contribution is 2.34. The van der Waals surface area contributed by atoms with Crippen LogP contribution in [-0.2, 0) is 19.1 Å². The topological polar surface area (TPSA) is 97.0 Å². The largest absolute Gasteiger partial charge is 0.446 e. The molecule has 1 saturated carbocycles. The van der Waals surface area contributed by atoms with Crippen LogP contribution in [0.2, 0.25) is 0 Å². The number of hydrogen-bond acceptors (Lipinski definition) is 6. The molecular weight excluding hydrogens is 436 g/mol. The van der Waals surface area contributed by atoms with Gasteiger partial charge in [-0.3, -0.25) is 14.9 Å². The van der Waals surface area contributed by atoms with Gasteiger partial charge in [0.15, 0.2) is 0 Å². The minimum Gasteiger partial charge on any atom is -0.446 e. The summed E-state index contributed by atoms with van der Waals surface area (Å²) in [6.07, 6.45) is 0.854. The van der Waals surface area contributed by atoms with Gasteiger partial charge in [0, 0.05) is 43.6 Å². The van der Waals surface area contributed by atoms with Crippen molar-refractivity contribution < 1.29 is 32.6 Å². The average molecular weight is 465 g/mol. The number of carbonyl (C=O) groups is 3. The molecule has 3 aliphatic rings. The van der Waals surface area contributed by atoms with E-state index in [9.17, 15) is 23.2 Å². The quantitative estimate of drug-likeness (QED) is 0.650. The maximum atomic E-state index is 14.7. The van der Waals surface area contributed by atoms with Crippen LogP contribution in [0.1, 0.15) is 57.9 Å². The van der Waals surface area contributed by atoms with E-state index < -0.39 is 35.5 Å². The number of hydrogen-bond donors (Lipinski definition) is 2. The monoisotopic (exact) mass is 465 g/mol. The lowest BCUT2D eigenvalue weighted by Gasteiger charge is -2.42. The van der Waals surface area contributed by atoms with Gasteiger partial charge >= 0.3 is 6.09 Å². The molecule has 8 nitrogen and oxygen atoms in total. The van der Waals surface area contributed by atoms with Crippen LogP contribution in [0.5, 0.6) is 0 Å². The normalized spacial score (nSPS) is 25.7. The number of ether oxygens (including phenoxy) is 2. The van der Waals surface area contributed by atoms with Crippen LogP contribution in [0.4, 0.5) is 19.3 Å². The number of amides is 3. The summed E-state index contributed by atoms with van der Waals surface area (Å²) in [5.74, 6) is -3.81. The number of carbonyl (C=O) groups excluding carboxylic acids is 3. The van der Waals surface area contributed by atoms with Crippen LogP contribution in [0.15, 0.2) is 12.1 Å². The van der Waals surface area contributed by atoms with Crippen molar-refractivity contribution in [2.75, 3.05) is 18.0 Å². The first-order valence-corrected chi connectivity index (χ1v) is 11.2. The zero-order valence-electron chi connectivity index (χ0n) is 19.0. The number of alkyl carbamates (subject to hydrolysis) is 1. The molecule has 1 aliphatic carbocycles. The maximum absolute atomic E-state index is 14.7. The molecule has 0 aromatic heterocycles. The fourth-order valence-electron chi connectivity index (χ4n) is 4.40. The molecular formula is C23H29F2N3O5. The number of rotatable bonds is 5. The van der Waals surface area contributed by atoms with Crippen molar-refractivity contribution in [3.05, 3.63) is 29.3 Å². The van der Waals surface area contributed by atoms with E-state index in [0.29, 0.717) is 31.6 Å². The maximum Gasteiger partial charge on any atom is 0.407 e. The Bertz CT molecular complexity index is 929. The summed E-state index contributed by atoms with van der Waals surface area (Å²) in [6.45, 7) is 6.71. The van der Waals surface area contributed by atoms with Crippen molar-refractivity contribution in [2.24, 2.45) is 0 Å². The van der Waals surface area contributed by atoms with Gasteiger partial charge in [-0.05, 0) is 39.3 Å². The van der Waals surface area contributed by atoms with Crippen molar-refractivity contribution in [1.29, 1.82) is 0 Å². The zero-order valence-corrected chi connectivity index (χ0v) is 19.0. The van der Waals surface area contributed by atoms with E-state index in [4.69, 9.17) is 9.47 Å². The highest BCUT2D eigenvalue weighted by Gasteiger charge is 2.37. The van der Waals surface area contributed by atoms with Crippen molar-refractivity contribution in [2.45, 2.75) is 76.2 Å². The Morgan fingerprint density at radius 2 is 1.76 bits per heavy atom. The van der Waals surface area contributed by atoms with Crippen molar-refractivity contribution >= 4 is 23.6 Å². The molecule has 180 valence electrons. The van der Waals surface area contributed by atoms with Gasteiger partial charge in [-0.15, -0.1) is 0 Å². The summed E-state index contributed by atoms with van der Waals surface area (Å²) < 4.78 is 40.6. The van der Waals surface area contributed by atoms with Gasteiger partial charge in [0.2, 0.25) is 11.8 Å². The molecule has 33 heavy (non-hydrogen) atoms. The molecule has 2 saturated heterocycles. The lowest BCUT2D eigenvalue weighted by atomic mass is 9.89. The third kappa shape index (κ3) is 5.43. The number of nitrogens with one attached hydrogen (secondary N) is 2. The predicted molar refractivity (Wildman–Crippen MR) is 115 cm³/mol. The molecule has 1 atom stereocenters. The van der Waals surface area contributed by atoms with Crippen LogP contribution in [0.3, 0.4) is 0 Å². The van der Waals surface area contributed by atoms with Gasteiger partial charge < -0.3 is 19.7 Å². The summed E-state index contributed by atoms with van der Waals surface area (Å²) in [5, 5.41) is 4.88. The second kappa shape index (κ2) is 8.89. The standard InChI is InChI=1S/C23H29F2N3O5/c1-23(2,3)33-15-8-14(9-15)32-22(31)26-12-10-28(11-12)13-6-17(24)20(18(25)7-13)16-4-5-19(29)27-21(16)30/h6-7,12,14-16H,4-5,8-11H2,1-3H3,(H,26,31)(H,27,29,30). The summed E-state index contributed by atoms with van der Waals surface area (Å²) in [4.78, 5) is 37.1. The Labute approximate surface area is 191 Å². The molecule has 1 aromatic carbocycles.